The Bertz CT molecular complexity index is 631. The Balaban J connectivity index is 2.31. The Hall–Kier alpha value is -0.930. The molecule has 21 heavy (non-hydrogen) atoms. The largest absolute Gasteiger partial charge is 0.496 e. The van der Waals surface area contributed by atoms with E-state index in [1.165, 1.54) is 0 Å². The molecule has 0 aliphatic rings. The first-order valence-corrected chi connectivity index (χ1v) is 7.63. The summed E-state index contributed by atoms with van der Waals surface area (Å²) >= 11 is 18.1. The predicted molar refractivity (Wildman–Crippen MR) is 90.0 cm³/mol. The van der Waals surface area contributed by atoms with Crippen LogP contribution in [0, 0.1) is 0 Å². The Morgan fingerprint density at radius 3 is 2.43 bits per heavy atom. The van der Waals surface area contributed by atoms with E-state index in [9.17, 15) is 0 Å². The lowest BCUT2D eigenvalue weighted by Gasteiger charge is -2.20. The fourth-order valence-electron chi connectivity index (χ4n) is 2.25. The molecule has 5 heteroatoms. The van der Waals surface area contributed by atoms with E-state index in [-0.39, 0.29) is 6.04 Å². The van der Waals surface area contributed by atoms with Crippen LogP contribution in [0.2, 0.25) is 15.1 Å². The van der Waals surface area contributed by atoms with E-state index >= 15 is 0 Å². The molecule has 0 saturated carbocycles. The van der Waals surface area contributed by atoms with Gasteiger partial charge in [0.25, 0.3) is 0 Å². The van der Waals surface area contributed by atoms with Gasteiger partial charge in [0.05, 0.1) is 17.2 Å². The minimum absolute atomic E-state index is 0.0656. The maximum atomic E-state index is 6.10. The molecule has 0 saturated heterocycles. The third-order valence-electron chi connectivity index (χ3n) is 3.34. The molecule has 2 rings (SSSR count). The first kappa shape index (κ1) is 16.4. The molecule has 0 fully saturated rings. The Labute approximate surface area is 140 Å². The first-order valence-electron chi connectivity index (χ1n) is 6.49. The topological polar surface area (TPSA) is 21.3 Å². The van der Waals surface area contributed by atoms with Crippen molar-refractivity contribution in [3.63, 3.8) is 0 Å². The Morgan fingerprint density at radius 2 is 1.81 bits per heavy atom. The summed E-state index contributed by atoms with van der Waals surface area (Å²) in [5.41, 5.74) is 2.10. The van der Waals surface area contributed by atoms with Gasteiger partial charge >= 0.3 is 0 Å². The standard InChI is InChI=1S/C16H16Cl3NO/c1-20-15(8-10-3-5-13(18)14(19)7-10)12-9-11(17)4-6-16(12)21-2/h3-7,9,15,20H,8H2,1-2H3. The smallest absolute Gasteiger partial charge is 0.123 e. The second-order valence-electron chi connectivity index (χ2n) is 4.68. The van der Waals surface area contributed by atoms with Crippen LogP contribution in [0.3, 0.4) is 0 Å². The van der Waals surface area contributed by atoms with Crippen LogP contribution in [0.4, 0.5) is 0 Å². The van der Waals surface area contributed by atoms with Crippen LogP contribution in [0.1, 0.15) is 17.2 Å². The van der Waals surface area contributed by atoms with Gasteiger partial charge < -0.3 is 10.1 Å². The van der Waals surface area contributed by atoms with Crippen molar-refractivity contribution < 1.29 is 4.74 Å². The van der Waals surface area contributed by atoms with E-state index in [1.54, 1.807) is 13.2 Å². The summed E-state index contributed by atoms with van der Waals surface area (Å²) in [7, 11) is 3.56. The Morgan fingerprint density at radius 1 is 1.05 bits per heavy atom. The molecule has 0 spiro atoms. The molecular formula is C16H16Cl3NO. The third-order valence-corrected chi connectivity index (χ3v) is 4.31. The van der Waals surface area contributed by atoms with Crippen molar-refractivity contribution in [1.82, 2.24) is 5.32 Å². The zero-order valence-corrected chi connectivity index (χ0v) is 14.1. The second kappa shape index (κ2) is 7.37. The third kappa shape index (κ3) is 4.04. The minimum Gasteiger partial charge on any atom is -0.496 e. The van der Waals surface area contributed by atoms with Crippen molar-refractivity contribution >= 4 is 34.8 Å². The number of halogens is 3. The second-order valence-corrected chi connectivity index (χ2v) is 5.93. The van der Waals surface area contributed by atoms with E-state index in [4.69, 9.17) is 39.5 Å². The summed E-state index contributed by atoms with van der Waals surface area (Å²) in [6, 6.07) is 11.3. The average molecular weight is 345 g/mol. The van der Waals surface area contributed by atoms with Crippen LogP contribution < -0.4 is 10.1 Å². The monoisotopic (exact) mass is 343 g/mol. The SMILES string of the molecule is CNC(Cc1ccc(Cl)c(Cl)c1)c1cc(Cl)ccc1OC. The van der Waals surface area contributed by atoms with Gasteiger partial charge in [-0.1, -0.05) is 40.9 Å². The number of ether oxygens (including phenoxy) is 1. The lowest BCUT2D eigenvalue weighted by molar-refractivity contribution is 0.401. The lowest BCUT2D eigenvalue weighted by Crippen LogP contribution is -2.19. The number of nitrogens with one attached hydrogen (secondary N) is 1. The van der Waals surface area contributed by atoms with Gasteiger partial charge in [-0.2, -0.15) is 0 Å². The molecule has 0 heterocycles. The van der Waals surface area contributed by atoms with Gasteiger partial charge in [-0.15, -0.1) is 0 Å². The normalized spacial score (nSPS) is 12.2. The van der Waals surface area contributed by atoms with Crippen molar-refractivity contribution in [3.05, 3.63) is 62.6 Å². The molecule has 0 radical (unpaired) electrons. The van der Waals surface area contributed by atoms with Crippen molar-refractivity contribution in [3.8, 4) is 5.75 Å². The number of hydrogen-bond donors (Lipinski definition) is 1. The number of likely N-dealkylation sites (N-methyl/N-ethyl adjacent to an activating group) is 1. The highest BCUT2D eigenvalue weighted by atomic mass is 35.5. The molecule has 2 aromatic carbocycles. The number of rotatable bonds is 5. The van der Waals surface area contributed by atoms with Crippen molar-refractivity contribution in [2.24, 2.45) is 0 Å². The minimum atomic E-state index is 0.0656. The van der Waals surface area contributed by atoms with Gasteiger partial charge in [0.2, 0.25) is 0 Å². The molecule has 1 atom stereocenters. The number of benzene rings is 2. The lowest BCUT2D eigenvalue weighted by atomic mass is 9.98. The number of methoxy groups -OCH3 is 1. The summed E-state index contributed by atoms with van der Waals surface area (Å²) in [6.07, 6.45) is 0.754. The van der Waals surface area contributed by atoms with E-state index in [1.807, 2.05) is 37.4 Å². The van der Waals surface area contributed by atoms with Crippen LogP contribution in [-0.4, -0.2) is 14.2 Å². The highest BCUT2D eigenvalue weighted by Gasteiger charge is 2.16. The molecule has 1 N–H and O–H groups in total. The van der Waals surface area contributed by atoms with E-state index < -0.39 is 0 Å². The quantitative estimate of drug-likeness (QED) is 0.809. The summed E-state index contributed by atoms with van der Waals surface area (Å²) in [4.78, 5) is 0. The van der Waals surface area contributed by atoms with Gasteiger partial charge in [-0.05, 0) is 49.4 Å². The van der Waals surface area contributed by atoms with Crippen LogP contribution in [0.15, 0.2) is 36.4 Å². The molecule has 112 valence electrons. The van der Waals surface area contributed by atoms with Gasteiger partial charge in [0, 0.05) is 16.6 Å². The predicted octanol–water partition coefficient (Wildman–Crippen LogP) is 5.16. The van der Waals surface area contributed by atoms with E-state index in [0.29, 0.717) is 15.1 Å². The maximum Gasteiger partial charge on any atom is 0.123 e. The van der Waals surface area contributed by atoms with Gasteiger partial charge in [0.15, 0.2) is 0 Å². The Kier molecular flexibility index (Phi) is 5.77. The molecular weight excluding hydrogens is 329 g/mol. The van der Waals surface area contributed by atoms with Gasteiger partial charge in [0.1, 0.15) is 5.75 Å². The van der Waals surface area contributed by atoms with Crippen LogP contribution in [0.5, 0.6) is 5.75 Å². The van der Waals surface area contributed by atoms with E-state index in [0.717, 1.165) is 23.3 Å². The van der Waals surface area contributed by atoms with Crippen LogP contribution in [-0.2, 0) is 6.42 Å². The van der Waals surface area contributed by atoms with E-state index in [2.05, 4.69) is 5.32 Å². The molecule has 1 unspecified atom stereocenters. The molecule has 0 aliphatic heterocycles. The molecule has 0 bridgehead atoms. The zero-order valence-electron chi connectivity index (χ0n) is 11.8. The fraction of sp³-hybridized carbons (Fsp3) is 0.250. The van der Waals surface area contributed by atoms with Gasteiger partial charge in [-0.25, -0.2) is 0 Å². The van der Waals surface area contributed by atoms with Crippen molar-refractivity contribution in [2.45, 2.75) is 12.5 Å². The first-order chi connectivity index (χ1) is 10.0. The van der Waals surface area contributed by atoms with Crippen LogP contribution >= 0.6 is 34.8 Å². The fourth-order valence-corrected chi connectivity index (χ4v) is 2.75. The summed E-state index contributed by atoms with van der Waals surface area (Å²) in [5, 5.41) is 5.08. The maximum absolute atomic E-state index is 6.10. The zero-order chi connectivity index (χ0) is 15.4. The van der Waals surface area contributed by atoms with Gasteiger partial charge in [-0.3, -0.25) is 0 Å². The molecule has 2 aromatic rings. The number of hydrogen-bond acceptors (Lipinski definition) is 2. The van der Waals surface area contributed by atoms with Crippen molar-refractivity contribution in [1.29, 1.82) is 0 Å². The molecule has 0 aliphatic carbocycles. The summed E-state index contributed by atoms with van der Waals surface area (Å²) in [5.74, 6) is 0.804. The highest BCUT2D eigenvalue weighted by Crippen LogP contribution is 2.31. The summed E-state index contributed by atoms with van der Waals surface area (Å²) in [6.45, 7) is 0. The average Bonchev–Trinajstić information content (AvgIpc) is 2.48. The molecule has 0 amide bonds. The summed E-state index contributed by atoms with van der Waals surface area (Å²) < 4.78 is 5.42. The molecule has 0 aromatic heterocycles. The highest BCUT2D eigenvalue weighted by molar-refractivity contribution is 6.42. The van der Waals surface area contributed by atoms with Crippen LogP contribution in [0.25, 0.3) is 0 Å². The molecule has 2 nitrogen and oxygen atoms in total. The van der Waals surface area contributed by atoms with Crippen molar-refractivity contribution in [2.75, 3.05) is 14.2 Å².